The van der Waals surface area contributed by atoms with Crippen molar-refractivity contribution in [3.05, 3.63) is 59.4 Å². The van der Waals surface area contributed by atoms with Gasteiger partial charge in [0, 0.05) is 11.6 Å². The lowest BCUT2D eigenvalue weighted by atomic mass is 10.0. The third-order valence-corrected chi connectivity index (χ3v) is 2.62. The van der Waals surface area contributed by atoms with Crippen molar-refractivity contribution in [1.29, 1.82) is 0 Å². The van der Waals surface area contributed by atoms with Gasteiger partial charge >= 0.3 is 0 Å². The van der Waals surface area contributed by atoms with Crippen molar-refractivity contribution in [1.82, 2.24) is 0 Å². The molecule has 0 heterocycles. The zero-order valence-electron chi connectivity index (χ0n) is 9.79. The van der Waals surface area contributed by atoms with E-state index >= 15 is 0 Å². The summed E-state index contributed by atoms with van der Waals surface area (Å²) in [6.07, 6.45) is -0.266. The second kappa shape index (κ2) is 5.14. The van der Waals surface area contributed by atoms with E-state index in [9.17, 15) is 18.0 Å². The van der Waals surface area contributed by atoms with Crippen LogP contribution in [-0.4, -0.2) is 5.91 Å². The first kappa shape index (κ1) is 13.1. The highest BCUT2D eigenvalue weighted by molar-refractivity contribution is 5.77. The van der Waals surface area contributed by atoms with Crippen LogP contribution in [0.25, 0.3) is 11.1 Å². The van der Waals surface area contributed by atoms with Crippen molar-refractivity contribution in [2.24, 2.45) is 5.73 Å². The summed E-state index contributed by atoms with van der Waals surface area (Å²) < 4.78 is 40.4. The van der Waals surface area contributed by atoms with Crippen LogP contribution in [0.3, 0.4) is 0 Å². The zero-order chi connectivity index (χ0) is 14.0. The number of nitrogens with two attached hydrogens (primary N) is 1. The number of rotatable bonds is 3. The first-order chi connectivity index (χ1) is 8.97. The molecule has 1 amide bonds. The van der Waals surface area contributed by atoms with E-state index in [1.54, 1.807) is 0 Å². The Labute approximate surface area is 107 Å². The first-order valence-electron chi connectivity index (χ1n) is 5.49. The SMILES string of the molecule is NC(=O)Cc1cccc(-c2cc(F)cc(F)c2)c1F. The van der Waals surface area contributed by atoms with Crippen LogP contribution in [0.5, 0.6) is 0 Å². The predicted molar refractivity (Wildman–Crippen MR) is 64.7 cm³/mol. The highest BCUT2D eigenvalue weighted by Crippen LogP contribution is 2.26. The summed E-state index contributed by atoms with van der Waals surface area (Å²) in [7, 11) is 0. The molecule has 2 rings (SSSR count). The molecule has 98 valence electrons. The van der Waals surface area contributed by atoms with E-state index in [0.717, 1.165) is 12.1 Å². The molecule has 0 atom stereocenters. The van der Waals surface area contributed by atoms with E-state index < -0.39 is 23.4 Å². The van der Waals surface area contributed by atoms with Gasteiger partial charge in [-0.3, -0.25) is 4.79 Å². The van der Waals surface area contributed by atoms with Crippen LogP contribution in [0, 0.1) is 17.5 Å². The smallest absolute Gasteiger partial charge is 0.221 e. The van der Waals surface area contributed by atoms with Gasteiger partial charge in [0.2, 0.25) is 5.91 Å². The van der Waals surface area contributed by atoms with Crippen LogP contribution in [-0.2, 0) is 11.2 Å². The lowest BCUT2D eigenvalue weighted by molar-refractivity contribution is -0.117. The van der Waals surface area contributed by atoms with Gasteiger partial charge in [0.15, 0.2) is 0 Å². The maximum Gasteiger partial charge on any atom is 0.221 e. The molecule has 0 aliphatic carbocycles. The van der Waals surface area contributed by atoms with Gasteiger partial charge in [0.25, 0.3) is 0 Å². The van der Waals surface area contributed by atoms with E-state index in [0.29, 0.717) is 6.07 Å². The fourth-order valence-corrected chi connectivity index (χ4v) is 1.84. The largest absolute Gasteiger partial charge is 0.369 e. The molecule has 0 fully saturated rings. The Balaban J connectivity index is 2.53. The number of primary amides is 1. The van der Waals surface area contributed by atoms with Crippen molar-refractivity contribution in [3.63, 3.8) is 0 Å². The summed E-state index contributed by atoms with van der Waals surface area (Å²) in [5.74, 6) is -2.97. The summed E-state index contributed by atoms with van der Waals surface area (Å²) >= 11 is 0. The number of hydrogen-bond donors (Lipinski definition) is 1. The molecule has 2 nitrogen and oxygen atoms in total. The molecule has 0 aliphatic rings. The van der Waals surface area contributed by atoms with Crippen molar-refractivity contribution in [3.8, 4) is 11.1 Å². The first-order valence-corrected chi connectivity index (χ1v) is 5.49. The van der Waals surface area contributed by atoms with Gasteiger partial charge < -0.3 is 5.73 Å². The quantitative estimate of drug-likeness (QED) is 0.911. The molecule has 2 N–H and O–H groups in total. The van der Waals surface area contributed by atoms with Crippen LogP contribution in [0.15, 0.2) is 36.4 Å². The molecule has 0 saturated carbocycles. The fourth-order valence-electron chi connectivity index (χ4n) is 1.84. The van der Waals surface area contributed by atoms with E-state index in [4.69, 9.17) is 5.73 Å². The molecule has 0 aromatic heterocycles. The average molecular weight is 265 g/mol. The molecule has 2 aromatic carbocycles. The zero-order valence-corrected chi connectivity index (χ0v) is 9.79. The van der Waals surface area contributed by atoms with Crippen molar-refractivity contribution in [2.75, 3.05) is 0 Å². The van der Waals surface area contributed by atoms with Gasteiger partial charge in [-0.25, -0.2) is 13.2 Å². The number of carbonyl (C=O) groups excluding carboxylic acids is 1. The van der Waals surface area contributed by atoms with Crippen molar-refractivity contribution >= 4 is 5.91 Å². The number of halogens is 3. The lowest BCUT2D eigenvalue weighted by Crippen LogP contribution is -2.14. The average Bonchev–Trinajstić information content (AvgIpc) is 2.30. The van der Waals surface area contributed by atoms with Gasteiger partial charge in [0.1, 0.15) is 17.5 Å². The third kappa shape index (κ3) is 2.93. The minimum Gasteiger partial charge on any atom is -0.369 e. The summed E-state index contributed by atoms with van der Waals surface area (Å²) in [6, 6.07) is 7.03. The van der Waals surface area contributed by atoms with Crippen molar-refractivity contribution in [2.45, 2.75) is 6.42 Å². The molecule has 0 spiro atoms. The van der Waals surface area contributed by atoms with Crippen LogP contribution >= 0.6 is 0 Å². The monoisotopic (exact) mass is 265 g/mol. The Bertz CT molecular complexity index is 620. The van der Waals surface area contributed by atoms with E-state index in [-0.39, 0.29) is 23.1 Å². The number of hydrogen-bond acceptors (Lipinski definition) is 1. The lowest BCUT2D eigenvalue weighted by Gasteiger charge is -2.08. The Morgan fingerprint density at radius 3 is 2.26 bits per heavy atom. The molecule has 0 saturated heterocycles. The van der Waals surface area contributed by atoms with Gasteiger partial charge in [0.05, 0.1) is 6.42 Å². The standard InChI is InChI=1S/C14H10F3NO/c15-10-4-9(5-11(16)7-10)12-3-1-2-8(14(12)17)6-13(18)19/h1-5,7H,6H2,(H2,18,19). The topological polar surface area (TPSA) is 43.1 Å². The molecule has 0 radical (unpaired) electrons. The summed E-state index contributed by atoms with van der Waals surface area (Å²) in [4.78, 5) is 10.8. The Kier molecular flexibility index (Phi) is 3.55. The summed E-state index contributed by atoms with van der Waals surface area (Å²) in [5, 5.41) is 0. The molecule has 19 heavy (non-hydrogen) atoms. The maximum absolute atomic E-state index is 14.1. The molecule has 2 aromatic rings. The van der Waals surface area contributed by atoms with Gasteiger partial charge in [-0.15, -0.1) is 0 Å². The van der Waals surface area contributed by atoms with Crippen LogP contribution in [0.2, 0.25) is 0 Å². The second-order valence-corrected chi connectivity index (χ2v) is 4.08. The molecular formula is C14H10F3NO. The molecule has 0 unspecified atom stereocenters. The third-order valence-electron chi connectivity index (χ3n) is 2.62. The molecule has 0 aliphatic heterocycles. The highest BCUT2D eigenvalue weighted by Gasteiger charge is 2.13. The van der Waals surface area contributed by atoms with Gasteiger partial charge in [-0.05, 0) is 23.3 Å². The number of amides is 1. The summed E-state index contributed by atoms with van der Waals surface area (Å²) in [6.45, 7) is 0. The summed E-state index contributed by atoms with van der Waals surface area (Å²) in [5.41, 5.74) is 5.19. The Morgan fingerprint density at radius 2 is 1.68 bits per heavy atom. The number of carbonyl (C=O) groups is 1. The predicted octanol–water partition coefficient (Wildman–Crippen LogP) is 2.80. The maximum atomic E-state index is 14.1. The Morgan fingerprint density at radius 1 is 1.05 bits per heavy atom. The molecule has 5 heteroatoms. The van der Waals surface area contributed by atoms with E-state index in [2.05, 4.69) is 0 Å². The van der Waals surface area contributed by atoms with Crippen molar-refractivity contribution < 1.29 is 18.0 Å². The molecule has 0 bridgehead atoms. The second-order valence-electron chi connectivity index (χ2n) is 4.08. The van der Waals surface area contributed by atoms with E-state index in [1.165, 1.54) is 18.2 Å². The minimum absolute atomic E-state index is 0.0251. The molecular weight excluding hydrogens is 255 g/mol. The Hall–Kier alpha value is -2.30. The van der Waals surface area contributed by atoms with Crippen LogP contribution < -0.4 is 5.73 Å². The normalized spacial score (nSPS) is 10.5. The number of benzene rings is 2. The highest BCUT2D eigenvalue weighted by atomic mass is 19.1. The van der Waals surface area contributed by atoms with Gasteiger partial charge in [-0.2, -0.15) is 0 Å². The minimum atomic E-state index is -0.797. The fraction of sp³-hybridized carbons (Fsp3) is 0.0714. The van der Waals surface area contributed by atoms with Crippen LogP contribution in [0.1, 0.15) is 5.56 Å². The van der Waals surface area contributed by atoms with Gasteiger partial charge in [-0.1, -0.05) is 18.2 Å². The van der Waals surface area contributed by atoms with E-state index in [1.807, 2.05) is 0 Å². The van der Waals surface area contributed by atoms with Crippen LogP contribution in [0.4, 0.5) is 13.2 Å².